The molecule has 0 aliphatic heterocycles. The minimum absolute atomic E-state index is 0.170. The van der Waals surface area contributed by atoms with E-state index in [1.165, 1.54) is 0 Å². The van der Waals surface area contributed by atoms with E-state index in [4.69, 9.17) is 0 Å². The van der Waals surface area contributed by atoms with Crippen LogP contribution >= 0.6 is 15.9 Å². The zero-order valence-corrected chi connectivity index (χ0v) is 9.97. The van der Waals surface area contributed by atoms with Crippen molar-refractivity contribution in [3.63, 3.8) is 0 Å². The summed E-state index contributed by atoms with van der Waals surface area (Å²) in [7, 11) is 0. The first-order valence-corrected chi connectivity index (χ1v) is 5.56. The molecule has 1 fully saturated rings. The van der Waals surface area contributed by atoms with Gasteiger partial charge in [0.25, 0.3) is 0 Å². The monoisotopic (exact) mass is 263 g/mol. The van der Waals surface area contributed by atoms with Crippen molar-refractivity contribution in [2.45, 2.75) is 25.2 Å². The van der Waals surface area contributed by atoms with Gasteiger partial charge in [0, 0.05) is 17.3 Å². The number of ketones is 1. The van der Waals surface area contributed by atoms with Crippen LogP contribution in [0.2, 0.25) is 0 Å². The van der Waals surface area contributed by atoms with Crippen molar-refractivity contribution in [1.29, 1.82) is 5.26 Å². The van der Waals surface area contributed by atoms with Crippen LogP contribution in [0, 0.1) is 18.3 Å². The highest BCUT2D eigenvalue weighted by Crippen LogP contribution is 2.43. The van der Waals surface area contributed by atoms with E-state index in [1.807, 2.05) is 25.1 Å². The minimum atomic E-state index is -0.580. The maximum absolute atomic E-state index is 11.1. The summed E-state index contributed by atoms with van der Waals surface area (Å²) in [5.41, 5.74) is 1.50. The summed E-state index contributed by atoms with van der Waals surface area (Å²) in [4.78, 5) is 11.1. The van der Waals surface area contributed by atoms with Crippen LogP contribution in [-0.4, -0.2) is 5.78 Å². The van der Waals surface area contributed by atoms with Crippen LogP contribution in [0.15, 0.2) is 22.7 Å². The molecule has 0 bridgehead atoms. The highest BCUT2D eigenvalue weighted by Gasteiger charge is 2.46. The number of carbonyl (C=O) groups excluding carboxylic acids is 1. The first kappa shape index (κ1) is 10.4. The Morgan fingerprint density at radius 1 is 1.47 bits per heavy atom. The number of halogens is 1. The smallest absolute Gasteiger partial charge is 0.136 e. The van der Waals surface area contributed by atoms with Crippen LogP contribution in [0.25, 0.3) is 0 Å². The van der Waals surface area contributed by atoms with Crippen molar-refractivity contribution in [2.24, 2.45) is 0 Å². The first-order valence-electron chi connectivity index (χ1n) is 4.77. The van der Waals surface area contributed by atoms with Gasteiger partial charge in [-0.15, -0.1) is 0 Å². The van der Waals surface area contributed by atoms with E-state index in [0.717, 1.165) is 15.6 Å². The standard InChI is InChI=1S/C12H10BrNO/c1-8-2-3-10(11(13)4-8)12(7-14)5-9(15)6-12/h2-4H,5-6H2,1H3. The molecule has 0 amide bonds. The van der Waals surface area contributed by atoms with Crippen molar-refractivity contribution < 1.29 is 4.79 Å². The van der Waals surface area contributed by atoms with Gasteiger partial charge in [-0.25, -0.2) is 0 Å². The molecule has 0 saturated heterocycles. The highest BCUT2D eigenvalue weighted by molar-refractivity contribution is 9.10. The predicted octanol–water partition coefficient (Wildman–Crippen LogP) is 2.88. The molecular weight excluding hydrogens is 254 g/mol. The van der Waals surface area contributed by atoms with Gasteiger partial charge in [-0.05, 0) is 24.1 Å². The second-order valence-corrected chi connectivity index (χ2v) is 4.92. The number of hydrogen-bond donors (Lipinski definition) is 0. The average molecular weight is 264 g/mol. The molecule has 2 nitrogen and oxygen atoms in total. The fraction of sp³-hybridized carbons (Fsp3) is 0.333. The van der Waals surface area contributed by atoms with Gasteiger partial charge in [0.2, 0.25) is 0 Å². The number of carbonyl (C=O) groups is 1. The molecule has 15 heavy (non-hydrogen) atoms. The van der Waals surface area contributed by atoms with Crippen LogP contribution in [0.4, 0.5) is 0 Å². The van der Waals surface area contributed by atoms with E-state index in [1.54, 1.807) is 0 Å². The third-order valence-electron chi connectivity index (χ3n) is 2.85. The summed E-state index contributed by atoms with van der Waals surface area (Å²) in [6.45, 7) is 2.00. The summed E-state index contributed by atoms with van der Waals surface area (Å²) >= 11 is 3.46. The van der Waals surface area contributed by atoms with Crippen LogP contribution < -0.4 is 0 Å². The minimum Gasteiger partial charge on any atom is -0.300 e. The van der Waals surface area contributed by atoms with Gasteiger partial charge in [-0.2, -0.15) is 5.26 Å². The number of nitriles is 1. The maximum Gasteiger partial charge on any atom is 0.136 e. The molecule has 1 saturated carbocycles. The van der Waals surface area contributed by atoms with Crippen LogP contribution in [0.5, 0.6) is 0 Å². The van der Waals surface area contributed by atoms with Gasteiger partial charge in [-0.1, -0.05) is 28.1 Å². The fourth-order valence-electron chi connectivity index (χ4n) is 1.96. The topological polar surface area (TPSA) is 40.9 Å². The highest BCUT2D eigenvalue weighted by atomic mass is 79.9. The fourth-order valence-corrected chi connectivity index (χ4v) is 2.83. The van der Waals surface area contributed by atoms with E-state index >= 15 is 0 Å². The normalized spacial score (nSPS) is 18.1. The van der Waals surface area contributed by atoms with E-state index in [0.29, 0.717) is 12.8 Å². The second-order valence-electron chi connectivity index (χ2n) is 4.07. The second kappa shape index (κ2) is 3.46. The van der Waals surface area contributed by atoms with Gasteiger partial charge >= 0.3 is 0 Å². The molecule has 1 aliphatic rings. The van der Waals surface area contributed by atoms with E-state index in [-0.39, 0.29) is 5.78 Å². The molecule has 1 aromatic rings. The molecule has 0 aromatic heterocycles. The molecule has 76 valence electrons. The summed E-state index contributed by atoms with van der Waals surface area (Å²) in [5.74, 6) is 0.170. The van der Waals surface area contributed by atoms with Gasteiger partial charge in [0.15, 0.2) is 0 Å². The number of Topliss-reactive ketones (excluding diaryl/α,β-unsaturated/α-hetero) is 1. The quantitative estimate of drug-likeness (QED) is 0.782. The molecule has 0 atom stereocenters. The molecule has 0 spiro atoms. The summed E-state index contributed by atoms with van der Waals surface area (Å²) in [5, 5.41) is 9.18. The molecule has 2 rings (SSSR count). The van der Waals surface area contributed by atoms with E-state index in [2.05, 4.69) is 22.0 Å². The predicted molar refractivity (Wildman–Crippen MR) is 60.4 cm³/mol. The van der Waals surface area contributed by atoms with Crippen molar-refractivity contribution in [1.82, 2.24) is 0 Å². The number of benzene rings is 1. The van der Waals surface area contributed by atoms with Crippen molar-refractivity contribution in [3.8, 4) is 6.07 Å². The Morgan fingerprint density at radius 2 is 2.13 bits per heavy atom. The molecule has 0 unspecified atom stereocenters. The SMILES string of the molecule is Cc1ccc(C2(C#N)CC(=O)C2)c(Br)c1. The molecule has 1 aromatic carbocycles. The Morgan fingerprint density at radius 3 is 2.60 bits per heavy atom. The van der Waals surface area contributed by atoms with Crippen molar-refractivity contribution in [3.05, 3.63) is 33.8 Å². The largest absolute Gasteiger partial charge is 0.300 e. The number of nitrogens with zero attached hydrogens (tertiary/aromatic N) is 1. The lowest BCUT2D eigenvalue weighted by Crippen LogP contribution is -2.40. The number of hydrogen-bond acceptors (Lipinski definition) is 2. The first-order chi connectivity index (χ1) is 7.07. The number of rotatable bonds is 1. The summed E-state index contributed by atoms with van der Waals surface area (Å²) in [6, 6.07) is 8.17. The van der Waals surface area contributed by atoms with Gasteiger partial charge in [0.05, 0.1) is 11.5 Å². The Kier molecular flexibility index (Phi) is 2.40. The third-order valence-corrected chi connectivity index (χ3v) is 3.51. The molecular formula is C12H10BrNO. The van der Waals surface area contributed by atoms with Crippen LogP contribution in [0.1, 0.15) is 24.0 Å². The summed E-state index contributed by atoms with van der Waals surface area (Å²) < 4.78 is 0.927. The van der Waals surface area contributed by atoms with Crippen molar-refractivity contribution >= 4 is 21.7 Å². The lowest BCUT2D eigenvalue weighted by molar-refractivity contribution is -0.126. The Balaban J connectivity index is 2.46. The lowest BCUT2D eigenvalue weighted by Gasteiger charge is -2.34. The molecule has 1 aliphatic carbocycles. The molecule has 0 radical (unpaired) electrons. The number of aryl methyl sites for hydroxylation is 1. The zero-order valence-electron chi connectivity index (χ0n) is 8.38. The van der Waals surface area contributed by atoms with E-state index < -0.39 is 5.41 Å². The Bertz CT molecular complexity index is 465. The van der Waals surface area contributed by atoms with Gasteiger partial charge in [-0.3, -0.25) is 4.79 Å². The van der Waals surface area contributed by atoms with Crippen LogP contribution in [-0.2, 0) is 10.2 Å². The lowest BCUT2D eigenvalue weighted by atomic mass is 9.64. The molecule has 0 N–H and O–H groups in total. The molecule has 3 heteroatoms. The average Bonchev–Trinajstić information content (AvgIpc) is 2.13. The third kappa shape index (κ3) is 1.59. The Hall–Kier alpha value is -1.14. The van der Waals surface area contributed by atoms with Crippen LogP contribution in [0.3, 0.4) is 0 Å². The van der Waals surface area contributed by atoms with Gasteiger partial charge in [0.1, 0.15) is 5.78 Å². The maximum atomic E-state index is 11.1. The van der Waals surface area contributed by atoms with Gasteiger partial charge < -0.3 is 0 Å². The molecule has 0 heterocycles. The van der Waals surface area contributed by atoms with E-state index in [9.17, 15) is 10.1 Å². The Labute approximate surface area is 97.0 Å². The summed E-state index contributed by atoms with van der Waals surface area (Å²) in [6.07, 6.45) is 0.705. The van der Waals surface area contributed by atoms with Crippen molar-refractivity contribution in [2.75, 3.05) is 0 Å². The zero-order chi connectivity index (χ0) is 11.1.